The van der Waals surface area contributed by atoms with Crippen molar-refractivity contribution < 1.29 is 4.79 Å². The van der Waals surface area contributed by atoms with E-state index in [2.05, 4.69) is 36.0 Å². The molecule has 4 rings (SSSR count). The molecule has 1 aromatic carbocycles. The van der Waals surface area contributed by atoms with Gasteiger partial charge in [0.05, 0.1) is 10.2 Å². The molecule has 3 heterocycles. The first-order chi connectivity index (χ1) is 12.0. The molecule has 0 bridgehead atoms. The second-order valence-corrected chi connectivity index (χ2v) is 7.52. The molecule has 0 saturated carbocycles. The summed E-state index contributed by atoms with van der Waals surface area (Å²) in [6, 6.07) is 6.12. The van der Waals surface area contributed by atoms with Gasteiger partial charge < -0.3 is 9.80 Å². The summed E-state index contributed by atoms with van der Waals surface area (Å²) in [4.78, 5) is 21.6. The summed E-state index contributed by atoms with van der Waals surface area (Å²) in [7, 11) is 1.80. The molecule has 1 amide bonds. The maximum absolute atomic E-state index is 12.6. The van der Waals surface area contributed by atoms with Crippen LogP contribution in [0.4, 0.5) is 5.13 Å². The van der Waals surface area contributed by atoms with Gasteiger partial charge in [-0.25, -0.2) is 4.98 Å². The Kier molecular flexibility index (Phi) is 3.95. The Balaban J connectivity index is 1.49. The van der Waals surface area contributed by atoms with Gasteiger partial charge in [0.15, 0.2) is 5.13 Å². The van der Waals surface area contributed by atoms with Gasteiger partial charge >= 0.3 is 0 Å². The minimum absolute atomic E-state index is 0.0513. The van der Waals surface area contributed by atoms with E-state index in [1.807, 2.05) is 4.90 Å². The van der Waals surface area contributed by atoms with E-state index in [1.165, 1.54) is 15.8 Å². The van der Waals surface area contributed by atoms with Crippen LogP contribution in [0.5, 0.6) is 0 Å². The molecule has 0 unspecified atom stereocenters. The molecule has 0 spiro atoms. The number of fused-ring (bicyclic) bond motifs is 1. The highest BCUT2D eigenvalue weighted by Crippen LogP contribution is 2.32. The van der Waals surface area contributed by atoms with Gasteiger partial charge in [-0.05, 0) is 37.1 Å². The fourth-order valence-electron chi connectivity index (χ4n) is 3.35. The highest BCUT2D eigenvalue weighted by molar-refractivity contribution is 7.22. The first-order valence-electron chi connectivity index (χ1n) is 8.43. The fourth-order valence-corrected chi connectivity index (χ4v) is 4.41. The van der Waals surface area contributed by atoms with Gasteiger partial charge in [0.25, 0.3) is 5.91 Å². The van der Waals surface area contributed by atoms with E-state index in [4.69, 9.17) is 4.98 Å². The van der Waals surface area contributed by atoms with Gasteiger partial charge in [-0.15, -0.1) is 0 Å². The van der Waals surface area contributed by atoms with Crippen LogP contribution in [-0.4, -0.2) is 51.8 Å². The lowest BCUT2D eigenvalue weighted by Gasteiger charge is -2.34. The van der Waals surface area contributed by atoms with Crippen molar-refractivity contribution in [1.82, 2.24) is 19.7 Å². The van der Waals surface area contributed by atoms with E-state index < -0.39 is 0 Å². The molecule has 1 saturated heterocycles. The molecule has 6 nitrogen and oxygen atoms in total. The monoisotopic (exact) mass is 355 g/mol. The Labute approximate surface area is 150 Å². The summed E-state index contributed by atoms with van der Waals surface area (Å²) in [5.74, 6) is 0.0513. The molecule has 0 aliphatic carbocycles. The van der Waals surface area contributed by atoms with E-state index in [0.29, 0.717) is 18.8 Å². The molecule has 0 atom stereocenters. The predicted molar refractivity (Wildman–Crippen MR) is 100 cm³/mol. The minimum atomic E-state index is 0.0513. The van der Waals surface area contributed by atoms with Crippen LogP contribution in [-0.2, 0) is 7.05 Å². The van der Waals surface area contributed by atoms with E-state index in [0.717, 1.165) is 23.7 Å². The average molecular weight is 355 g/mol. The third-order valence-corrected chi connectivity index (χ3v) is 5.95. The standard InChI is InChI=1S/C18H21N5OS/c1-12-10-13(2)16-14(11-12)20-18(25-16)23-8-6-22(7-9-23)17(24)15-4-5-19-21(15)3/h4-5,10-11H,6-9H2,1-3H3. The van der Waals surface area contributed by atoms with Crippen molar-refractivity contribution in [2.24, 2.45) is 7.05 Å². The zero-order valence-corrected chi connectivity index (χ0v) is 15.5. The number of nitrogens with zero attached hydrogens (tertiary/aromatic N) is 5. The number of hydrogen-bond acceptors (Lipinski definition) is 5. The Morgan fingerprint density at radius 1 is 1.16 bits per heavy atom. The number of hydrogen-bond donors (Lipinski definition) is 0. The smallest absolute Gasteiger partial charge is 0.272 e. The molecule has 3 aromatic rings. The summed E-state index contributed by atoms with van der Waals surface area (Å²) in [5.41, 5.74) is 4.24. The van der Waals surface area contributed by atoms with Crippen LogP contribution < -0.4 is 4.90 Å². The van der Waals surface area contributed by atoms with Gasteiger partial charge in [0.2, 0.25) is 0 Å². The van der Waals surface area contributed by atoms with Gasteiger partial charge in [0, 0.05) is 39.4 Å². The Morgan fingerprint density at radius 3 is 2.60 bits per heavy atom. The van der Waals surface area contributed by atoms with Crippen LogP contribution in [0, 0.1) is 13.8 Å². The van der Waals surface area contributed by atoms with Gasteiger partial charge in [-0.2, -0.15) is 5.10 Å². The topological polar surface area (TPSA) is 54.3 Å². The summed E-state index contributed by atoms with van der Waals surface area (Å²) < 4.78 is 2.89. The van der Waals surface area contributed by atoms with Crippen LogP contribution in [0.25, 0.3) is 10.2 Å². The van der Waals surface area contributed by atoms with Crippen LogP contribution in [0.1, 0.15) is 21.6 Å². The maximum atomic E-state index is 12.6. The number of aryl methyl sites for hydroxylation is 3. The van der Waals surface area contributed by atoms with Crippen molar-refractivity contribution in [2.75, 3.05) is 31.1 Å². The largest absolute Gasteiger partial charge is 0.345 e. The molecule has 25 heavy (non-hydrogen) atoms. The summed E-state index contributed by atoms with van der Waals surface area (Å²) >= 11 is 1.75. The quantitative estimate of drug-likeness (QED) is 0.709. The molecule has 2 aromatic heterocycles. The third-order valence-electron chi connectivity index (χ3n) is 4.69. The van der Waals surface area contributed by atoms with Gasteiger partial charge in [0.1, 0.15) is 5.69 Å². The van der Waals surface area contributed by atoms with Gasteiger partial charge in [-0.1, -0.05) is 17.4 Å². The summed E-state index contributed by atoms with van der Waals surface area (Å²) in [6.45, 7) is 7.27. The van der Waals surface area contributed by atoms with Crippen LogP contribution >= 0.6 is 11.3 Å². The number of rotatable bonds is 2. The van der Waals surface area contributed by atoms with E-state index in [9.17, 15) is 4.79 Å². The normalized spacial score (nSPS) is 15.2. The number of anilines is 1. The highest BCUT2D eigenvalue weighted by Gasteiger charge is 2.25. The van der Waals surface area contributed by atoms with Gasteiger partial charge in [-0.3, -0.25) is 9.48 Å². The lowest BCUT2D eigenvalue weighted by atomic mass is 10.1. The van der Waals surface area contributed by atoms with E-state index >= 15 is 0 Å². The Bertz CT molecular complexity index is 936. The number of piperazine rings is 1. The molecule has 130 valence electrons. The van der Waals surface area contributed by atoms with Crippen LogP contribution in [0.2, 0.25) is 0 Å². The zero-order valence-electron chi connectivity index (χ0n) is 14.7. The van der Waals surface area contributed by atoms with Crippen molar-refractivity contribution in [1.29, 1.82) is 0 Å². The first-order valence-corrected chi connectivity index (χ1v) is 9.24. The average Bonchev–Trinajstić information content (AvgIpc) is 3.20. The number of amides is 1. The lowest BCUT2D eigenvalue weighted by molar-refractivity contribution is 0.0735. The van der Waals surface area contributed by atoms with Crippen molar-refractivity contribution in [3.8, 4) is 0 Å². The maximum Gasteiger partial charge on any atom is 0.272 e. The number of carbonyl (C=O) groups is 1. The number of thiazole rings is 1. The van der Waals surface area contributed by atoms with Crippen LogP contribution in [0.3, 0.4) is 0 Å². The number of aromatic nitrogens is 3. The first kappa shape index (κ1) is 16.1. The summed E-state index contributed by atoms with van der Waals surface area (Å²) in [6.07, 6.45) is 1.66. The van der Waals surface area contributed by atoms with Crippen molar-refractivity contribution in [3.63, 3.8) is 0 Å². The second-order valence-electron chi connectivity index (χ2n) is 6.55. The Morgan fingerprint density at radius 2 is 1.92 bits per heavy atom. The van der Waals surface area contributed by atoms with Crippen molar-refractivity contribution in [2.45, 2.75) is 13.8 Å². The second kappa shape index (κ2) is 6.15. The fraction of sp³-hybridized carbons (Fsp3) is 0.389. The SMILES string of the molecule is Cc1cc(C)c2sc(N3CCN(C(=O)c4ccnn4C)CC3)nc2c1. The molecule has 7 heteroatoms. The molecule has 1 fully saturated rings. The number of benzene rings is 1. The predicted octanol–water partition coefficient (Wildman–Crippen LogP) is 2.61. The molecular weight excluding hydrogens is 334 g/mol. The van der Waals surface area contributed by atoms with E-state index in [1.54, 1.807) is 35.3 Å². The van der Waals surface area contributed by atoms with Crippen molar-refractivity contribution >= 4 is 32.6 Å². The summed E-state index contributed by atoms with van der Waals surface area (Å²) in [5, 5.41) is 5.14. The third kappa shape index (κ3) is 2.89. The molecular formula is C18H21N5OS. The molecule has 0 radical (unpaired) electrons. The van der Waals surface area contributed by atoms with Crippen LogP contribution in [0.15, 0.2) is 24.4 Å². The minimum Gasteiger partial charge on any atom is -0.345 e. The molecule has 1 aliphatic rings. The van der Waals surface area contributed by atoms with E-state index in [-0.39, 0.29) is 5.91 Å². The molecule has 1 aliphatic heterocycles. The zero-order chi connectivity index (χ0) is 17.6. The molecule has 0 N–H and O–H groups in total. The highest BCUT2D eigenvalue weighted by atomic mass is 32.1. The lowest BCUT2D eigenvalue weighted by Crippen LogP contribution is -2.49. The Hall–Kier alpha value is -2.41. The van der Waals surface area contributed by atoms with Crippen molar-refractivity contribution in [3.05, 3.63) is 41.2 Å². The number of carbonyl (C=O) groups excluding carboxylic acids is 1.